The number of ether oxygens (including phenoxy) is 3. The molecule has 8 nitrogen and oxygen atoms in total. The number of hydrogen-bond donors (Lipinski definition) is 0. The molecule has 1 atom stereocenters. The molecule has 0 saturated heterocycles. The summed E-state index contributed by atoms with van der Waals surface area (Å²) in [6, 6.07) is 18.9. The van der Waals surface area contributed by atoms with E-state index < -0.39 is 16.1 Å². The Bertz CT molecular complexity index is 1320. The number of para-hydroxylation sites is 2. The fourth-order valence-corrected chi connectivity index (χ4v) is 5.45. The van der Waals surface area contributed by atoms with E-state index in [1.807, 2.05) is 13.0 Å². The van der Waals surface area contributed by atoms with Crippen molar-refractivity contribution in [2.75, 3.05) is 32.1 Å². The highest BCUT2D eigenvalue weighted by Crippen LogP contribution is 2.37. The Kier molecular flexibility index (Phi) is 6.88. The van der Waals surface area contributed by atoms with Gasteiger partial charge in [0.05, 0.1) is 31.3 Å². The summed E-state index contributed by atoms with van der Waals surface area (Å²) in [5, 5.41) is 0. The van der Waals surface area contributed by atoms with Gasteiger partial charge in [-0.2, -0.15) is 0 Å². The largest absolute Gasteiger partial charge is 0.493 e. The molecular weight excluding hydrogens is 468 g/mol. The van der Waals surface area contributed by atoms with Gasteiger partial charge in [0.1, 0.15) is 5.75 Å². The van der Waals surface area contributed by atoms with E-state index in [4.69, 9.17) is 14.2 Å². The summed E-state index contributed by atoms with van der Waals surface area (Å²) < 4.78 is 44.9. The zero-order valence-electron chi connectivity index (χ0n) is 20.1. The van der Waals surface area contributed by atoms with Gasteiger partial charge in [-0.3, -0.25) is 9.10 Å². The van der Waals surface area contributed by atoms with Crippen LogP contribution in [-0.2, 0) is 21.4 Å². The first-order chi connectivity index (χ1) is 16.7. The van der Waals surface area contributed by atoms with Crippen LogP contribution >= 0.6 is 0 Å². The Labute approximate surface area is 205 Å². The summed E-state index contributed by atoms with van der Waals surface area (Å²) in [5.41, 5.74) is 2.19. The summed E-state index contributed by atoms with van der Waals surface area (Å²) in [6.07, 6.45) is -1.00. The van der Waals surface area contributed by atoms with E-state index in [2.05, 4.69) is 0 Å². The average Bonchev–Trinajstić information content (AvgIpc) is 2.87. The van der Waals surface area contributed by atoms with E-state index in [1.54, 1.807) is 81.9 Å². The summed E-state index contributed by atoms with van der Waals surface area (Å²) in [4.78, 5) is 15.0. The van der Waals surface area contributed by atoms with E-state index in [9.17, 15) is 13.2 Å². The van der Waals surface area contributed by atoms with Gasteiger partial charge in [0.15, 0.2) is 17.6 Å². The maximum Gasteiger partial charge on any atom is 0.265 e. The van der Waals surface area contributed by atoms with Gasteiger partial charge >= 0.3 is 0 Å². The van der Waals surface area contributed by atoms with Crippen molar-refractivity contribution in [3.63, 3.8) is 0 Å². The summed E-state index contributed by atoms with van der Waals surface area (Å²) in [5.74, 6) is 1.16. The molecule has 1 amide bonds. The highest BCUT2D eigenvalue weighted by Gasteiger charge is 2.38. The molecule has 1 aliphatic heterocycles. The van der Waals surface area contributed by atoms with Crippen molar-refractivity contribution in [3.05, 3.63) is 77.9 Å². The summed E-state index contributed by atoms with van der Waals surface area (Å²) >= 11 is 0. The van der Waals surface area contributed by atoms with Crippen molar-refractivity contribution < 1.29 is 27.4 Å². The van der Waals surface area contributed by atoms with Gasteiger partial charge < -0.3 is 19.1 Å². The molecule has 4 rings (SSSR count). The third-order valence-corrected chi connectivity index (χ3v) is 7.66. The van der Waals surface area contributed by atoms with Crippen molar-refractivity contribution in [3.8, 4) is 17.2 Å². The third-order valence-electron chi connectivity index (χ3n) is 5.86. The lowest BCUT2D eigenvalue weighted by molar-refractivity contribution is -0.137. The number of carbonyl (C=O) groups is 1. The quantitative estimate of drug-likeness (QED) is 0.497. The van der Waals surface area contributed by atoms with Crippen LogP contribution in [0.5, 0.6) is 17.2 Å². The molecule has 9 heteroatoms. The number of benzene rings is 3. The maximum absolute atomic E-state index is 13.5. The molecule has 0 aliphatic carbocycles. The van der Waals surface area contributed by atoms with Crippen LogP contribution in [0, 0.1) is 6.92 Å². The monoisotopic (exact) mass is 496 g/mol. The second-order valence-electron chi connectivity index (χ2n) is 8.31. The average molecular weight is 497 g/mol. The van der Waals surface area contributed by atoms with Gasteiger partial charge in [0, 0.05) is 13.6 Å². The SMILES string of the molecule is COc1ccc(CN(C)C(=O)[C@@H]2CN(S(=O)(=O)c3ccc(C)cc3)c3ccccc3O2)cc1OC. The van der Waals surface area contributed by atoms with Crippen LogP contribution in [0.4, 0.5) is 5.69 Å². The second-order valence-corrected chi connectivity index (χ2v) is 10.2. The number of amides is 1. The van der Waals surface area contributed by atoms with Crippen LogP contribution in [0.1, 0.15) is 11.1 Å². The van der Waals surface area contributed by atoms with E-state index in [1.165, 1.54) is 9.21 Å². The number of likely N-dealkylation sites (N-methyl/N-ethyl adjacent to an activating group) is 1. The van der Waals surface area contributed by atoms with Crippen molar-refractivity contribution in [1.29, 1.82) is 0 Å². The van der Waals surface area contributed by atoms with Crippen molar-refractivity contribution in [2.45, 2.75) is 24.5 Å². The fraction of sp³-hybridized carbons (Fsp3) is 0.269. The Hall–Kier alpha value is -3.72. The van der Waals surface area contributed by atoms with Gasteiger partial charge in [0.2, 0.25) is 0 Å². The number of fused-ring (bicyclic) bond motifs is 1. The van der Waals surface area contributed by atoms with Crippen LogP contribution in [0.25, 0.3) is 0 Å². The van der Waals surface area contributed by atoms with Gasteiger partial charge in [-0.15, -0.1) is 0 Å². The lowest BCUT2D eigenvalue weighted by atomic mass is 10.1. The van der Waals surface area contributed by atoms with Crippen LogP contribution in [0.15, 0.2) is 71.6 Å². The molecule has 184 valence electrons. The molecule has 3 aromatic carbocycles. The molecule has 0 unspecified atom stereocenters. The highest BCUT2D eigenvalue weighted by molar-refractivity contribution is 7.92. The zero-order valence-corrected chi connectivity index (χ0v) is 20.9. The van der Waals surface area contributed by atoms with E-state index in [0.717, 1.165) is 11.1 Å². The van der Waals surface area contributed by atoms with Gasteiger partial charge in [-0.05, 0) is 48.9 Å². The molecule has 1 heterocycles. The summed E-state index contributed by atoms with van der Waals surface area (Å²) in [7, 11) is 0.853. The smallest absolute Gasteiger partial charge is 0.265 e. The number of aryl methyl sites for hydroxylation is 1. The molecule has 0 N–H and O–H groups in total. The molecule has 0 aromatic heterocycles. The number of carbonyl (C=O) groups excluding carboxylic acids is 1. The molecule has 0 radical (unpaired) electrons. The number of hydrogen-bond acceptors (Lipinski definition) is 6. The number of anilines is 1. The van der Waals surface area contributed by atoms with Crippen LogP contribution in [-0.4, -0.2) is 53.1 Å². The van der Waals surface area contributed by atoms with E-state index in [-0.39, 0.29) is 23.9 Å². The highest BCUT2D eigenvalue weighted by atomic mass is 32.2. The lowest BCUT2D eigenvalue weighted by Crippen LogP contribution is -2.50. The second kappa shape index (κ2) is 9.87. The molecule has 0 spiro atoms. The molecule has 1 aliphatic rings. The first-order valence-electron chi connectivity index (χ1n) is 11.1. The third kappa shape index (κ3) is 4.90. The number of nitrogens with zero attached hydrogens (tertiary/aromatic N) is 2. The molecule has 0 fully saturated rings. The van der Waals surface area contributed by atoms with Crippen molar-refractivity contribution in [1.82, 2.24) is 4.90 Å². The molecule has 0 saturated carbocycles. The Morgan fingerprint density at radius 2 is 1.71 bits per heavy atom. The Morgan fingerprint density at radius 3 is 2.40 bits per heavy atom. The van der Waals surface area contributed by atoms with Gasteiger partial charge in [0.25, 0.3) is 15.9 Å². The molecule has 0 bridgehead atoms. The molecular formula is C26H28N2O6S. The van der Waals surface area contributed by atoms with Crippen LogP contribution < -0.4 is 18.5 Å². The topological polar surface area (TPSA) is 85.4 Å². The van der Waals surface area contributed by atoms with Crippen LogP contribution in [0.3, 0.4) is 0 Å². The first-order valence-corrected chi connectivity index (χ1v) is 12.5. The first kappa shape index (κ1) is 24.4. The minimum atomic E-state index is -3.91. The Balaban J connectivity index is 1.60. The number of methoxy groups -OCH3 is 2. The van der Waals surface area contributed by atoms with Crippen LogP contribution in [0.2, 0.25) is 0 Å². The minimum Gasteiger partial charge on any atom is -0.493 e. The molecule has 35 heavy (non-hydrogen) atoms. The van der Waals surface area contributed by atoms with Crippen molar-refractivity contribution >= 4 is 21.6 Å². The lowest BCUT2D eigenvalue weighted by Gasteiger charge is -2.36. The fourth-order valence-electron chi connectivity index (χ4n) is 3.97. The van der Waals surface area contributed by atoms with Gasteiger partial charge in [-0.1, -0.05) is 35.9 Å². The van der Waals surface area contributed by atoms with E-state index >= 15 is 0 Å². The number of sulfonamides is 1. The Morgan fingerprint density at radius 1 is 1.03 bits per heavy atom. The predicted molar refractivity (Wildman–Crippen MR) is 133 cm³/mol. The van der Waals surface area contributed by atoms with Crippen molar-refractivity contribution in [2.24, 2.45) is 0 Å². The van der Waals surface area contributed by atoms with Gasteiger partial charge in [-0.25, -0.2) is 8.42 Å². The zero-order chi connectivity index (χ0) is 25.2. The normalized spacial score (nSPS) is 15.1. The van der Waals surface area contributed by atoms with E-state index in [0.29, 0.717) is 22.9 Å². The standard InChI is InChI=1S/C26H28N2O6S/c1-18-9-12-20(13-10-18)35(30,31)28-17-25(34-22-8-6-5-7-21(22)28)26(29)27(2)16-19-11-14-23(32-3)24(15-19)33-4/h5-15,25H,16-17H2,1-4H3/t25-/m0/s1. The summed E-state index contributed by atoms with van der Waals surface area (Å²) in [6.45, 7) is 2.04. The maximum atomic E-state index is 13.5. The minimum absolute atomic E-state index is 0.137. The molecule has 3 aromatic rings. The number of rotatable bonds is 7. The predicted octanol–water partition coefficient (Wildman–Crippen LogP) is 3.63.